The molecular weight excluding hydrogens is 210 g/mol. The minimum atomic E-state index is -0.148. The summed E-state index contributed by atoms with van der Waals surface area (Å²) in [6.45, 7) is 0.593. The van der Waals surface area contributed by atoms with Crippen LogP contribution < -0.4 is 11.3 Å². The molecule has 15 heavy (non-hydrogen) atoms. The van der Waals surface area contributed by atoms with E-state index in [4.69, 9.17) is 5.73 Å². The van der Waals surface area contributed by atoms with Gasteiger partial charge in [-0.05, 0) is 28.8 Å². The van der Waals surface area contributed by atoms with E-state index in [-0.39, 0.29) is 5.56 Å². The number of nitrogens with zero attached hydrogens (tertiary/aromatic N) is 2. The number of hydrogen-bond acceptors (Lipinski definition) is 4. The fourth-order valence-electron chi connectivity index (χ4n) is 1.29. The van der Waals surface area contributed by atoms with E-state index >= 15 is 0 Å². The van der Waals surface area contributed by atoms with Crippen LogP contribution in [0.5, 0.6) is 0 Å². The molecule has 0 aliphatic carbocycles. The lowest BCUT2D eigenvalue weighted by atomic mass is 10.2. The van der Waals surface area contributed by atoms with Gasteiger partial charge in [0, 0.05) is 12.6 Å². The third-order valence-corrected chi connectivity index (χ3v) is 2.82. The summed E-state index contributed by atoms with van der Waals surface area (Å²) < 4.78 is 1.42. The Labute approximate surface area is 91.0 Å². The molecular formula is C10H11N3OS. The zero-order valence-corrected chi connectivity index (χ0v) is 8.91. The van der Waals surface area contributed by atoms with Gasteiger partial charge in [-0.3, -0.25) is 4.79 Å². The molecule has 0 bridgehead atoms. The Morgan fingerprint density at radius 1 is 1.53 bits per heavy atom. The molecule has 0 saturated heterocycles. The number of aromatic nitrogens is 2. The van der Waals surface area contributed by atoms with Gasteiger partial charge in [0.25, 0.3) is 5.56 Å². The van der Waals surface area contributed by atoms with Crippen molar-refractivity contribution in [2.75, 3.05) is 5.73 Å². The van der Waals surface area contributed by atoms with Crippen LogP contribution in [-0.4, -0.2) is 9.78 Å². The van der Waals surface area contributed by atoms with Gasteiger partial charge in [-0.15, -0.1) is 0 Å². The lowest BCUT2D eigenvalue weighted by Crippen LogP contribution is -2.23. The van der Waals surface area contributed by atoms with Crippen molar-refractivity contribution in [3.05, 3.63) is 45.0 Å². The second kappa shape index (κ2) is 4.27. The van der Waals surface area contributed by atoms with Gasteiger partial charge in [-0.1, -0.05) is 0 Å². The van der Waals surface area contributed by atoms with Crippen molar-refractivity contribution >= 4 is 17.0 Å². The van der Waals surface area contributed by atoms with Crippen LogP contribution in [0.3, 0.4) is 0 Å². The van der Waals surface area contributed by atoms with Crippen LogP contribution in [-0.2, 0) is 13.0 Å². The third-order valence-electron chi connectivity index (χ3n) is 2.08. The maximum atomic E-state index is 11.4. The van der Waals surface area contributed by atoms with E-state index in [1.54, 1.807) is 11.3 Å². The number of nitrogens with two attached hydrogens (primary N) is 1. The standard InChI is InChI=1S/C10H11N3OS/c11-9-5-10(14)13(12-6-9)3-1-8-2-4-15-7-8/h2,4-7H,1,3,11H2. The molecule has 4 nitrogen and oxygen atoms in total. The molecule has 2 rings (SSSR count). The first kappa shape index (κ1) is 9.92. The molecule has 0 aromatic carbocycles. The van der Waals surface area contributed by atoms with E-state index < -0.39 is 0 Å². The van der Waals surface area contributed by atoms with Crippen molar-refractivity contribution in [1.82, 2.24) is 9.78 Å². The monoisotopic (exact) mass is 221 g/mol. The number of thiophene rings is 1. The van der Waals surface area contributed by atoms with Crippen LogP contribution >= 0.6 is 11.3 Å². The van der Waals surface area contributed by atoms with Gasteiger partial charge in [0.15, 0.2) is 0 Å². The Morgan fingerprint density at radius 3 is 3.07 bits per heavy atom. The van der Waals surface area contributed by atoms with Gasteiger partial charge in [0.1, 0.15) is 0 Å². The molecule has 0 aliphatic rings. The summed E-state index contributed by atoms with van der Waals surface area (Å²) in [6, 6.07) is 3.44. The molecule has 0 saturated carbocycles. The summed E-state index contributed by atoms with van der Waals surface area (Å²) in [6.07, 6.45) is 2.31. The zero-order valence-electron chi connectivity index (χ0n) is 8.09. The molecule has 0 spiro atoms. The summed E-state index contributed by atoms with van der Waals surface area (Å²) in [5.74, 6) is 0. The maximum absolute atomic E-state index is 11.4. The first-order valence-electron chi connectivity index (χ1n) is 4.59. The fraction of sp³-hybridized carbons (Fsp3) is 0.200. The summed E-state index contributed by atoms with van der Waals surface area (Å²) in [5, 5.41) is 8.05. The zero-order chi connectivity index (χ0) is 10.7. The smallest absolute Gasteiger partial charge is 0.268 e. The molecule has 78 valence electrons. The number of rotatable bonds is 3. The number of nitrogen functional groups attached to an aromatic ring is 1. The second-order valence-corrected chi connectivity index (χ2v) is 4.01. The highest BCUT2D eigenvalue weighted by atomic mass is 32.1. The van der Waals surface area contributed by atoms with Crippen LogP contribution in [0.4, 0.5) is 5.69 Å². The number of hydrogen-bond donors (Lipinski definition) is 1. The van der Waals surface area contributed by atoms with Crippen molar-refractivity contribution in [3.63, 3.8) is 0 Å². The van der Waals surface area contributed by atoms with Crippen molar-refractivity contribution in [3.8, 4) is 0 Å². The van der Waals surface area contributed by atoms with E-state index in [1.165, 1.54) is 22.5 Å². The Morgan fingerprint density at radius 2 is 2.40 bits per heavy atom. The highest BCUT2D eigenvalue weighted by molar-refractivity contribution is 7.07. The lowest BCUT2D eigenvalue weighted by molar-refractivity contribution is 0.579. The Bertz CT molecular complexity index is 490. The molecule has 2 aromatic rings. The average molecular weight is 221 g/mol. The average Bonchev–Trinajstić information content (AvgIpc) is 2.69. The fourth-order valence-corrected chi connectivity index (χ4v) is 1.99. The van der Waals surface area contributed by atoms with E-state index in [0.717, 1.165) is 6.42 Å². The Balaban J connectivity index is 2.09. The summed E-state index contributed by atoms with van der Waals surface area (Å²) >= 11 is 1.65. The lowest BCUT2D eigenvalue weighted by Gasteiger charge is -2.02. The van der Waals surface area contributed by atoms with Crippen LogP contribution in [0.25, 0.3) is 0 Å². The highest BCUT2D eigenvalue weighted by Gasteiger charge is 1.99. The van der Waals surface area contributed by atoms with Gasteiger partial charge in [0.2, 0.25) is 0 Å². The second-order valence-electron chi connectivity index (χ2n) is 3.23. The molecule has 0 aliphatic heterocycles. The molecule has 0 atom stereocenters. The Hall–Kier alpha value is -1.62. The van der Waals surface area contributed by atoms with Gasteiger partial charge in [0.05, 0.1) is 11.9 Å². The first-order valence-corrected chi connectivity index (χ1v) is 5.54. The molecule has 5 heteroatoms. The van der Waals surface area contributed by atoms with Crippen molar-refractivity contribution in [1.29, 1.82) is 0 Å². The molecule has 2 N–H and O–H groups in total. The van der Waals surface area contributed by atoms with E-state index in [1.807, 2.05) is 11.4 Å². The predicted molar refractivity (Wildman–Crippen MR) is 60.9 cm³/mol. The summed E-state index contributed by atoms with van der Waals surface area (Å²) in [5.41, 5.74) is 6.93. The number of aryl methyl sites for hydroxylation is 2. The quantitative estimate of drug-likeness (QED) is 0.845. The summed E-state index contributed by atoms with van der Waals surface area (Å²) in [4.78, 5) is 11.4. The first-order chi connectivity index (χ1) is 7.25. The molecule has 2 aromatic heterocycles. The van der Waals surface area contributed by atoms with E-state index in [2.05, 4.69) is 10.5 Å². The SMILES string of the molecule is Nc1cnn(CCc2ccsc2)c(=O)c1. The highest BCUT2D eigenvalue weighted by Crippen LogP contribution is 2.06. The third kappa shape index (κ3) is 2.44. The van der Waals surface area contributed by atoms with E-state index in [9.17, 15) is 4.79 Å². The van der Waals surface area contributed by atoms with Crippen molar-refractivity contribution in [2.24, 2.45) is 0 Å². The molecule has 2 heterocycles. The largest absolute Gasteiger partial charge is 0.397 e. The maximum Gasteiger partial charge on any atom is 0.268 e. The van der Waals surface area contributed by atoms with Gasteiger partial charge in [-0.2, -0.15) is 16.4 Å². The molecule has 0 fully saturated rings. The molecule has 0 radical (unpaired) electrons. The molecule has 0 amide bonds. The summed E-state index contributed by atoms with van der Waals surface area (Å²) in [7, 11) is 0. The minimum Gasteiger partial charge on any atom is -0.397 e. The van der Waals surface area contributed by atoms with Gasteiger partial charge < -0.3 is 5.73 Å². The van der Waals surface area contributed by atoms with Crippen molar-refractivity contribution in [2.45, 2.75) is 13.0 Å². The van der Waals surface area contributed by atoms with Crippen LogP contribution in [0.15, 0.2) is 33.9 Å². The minimum absolute atomic E-state index is 0.148. The normalized spacial score (nSPS) is 10.4. The topological polar surface area (TPSA) is 60.9 Å². The van der Waals surface area contributed by atoms with Gasteiger partial charge >= 0.3 is 0 Å². The molecule has 0 unspecified atom stereocenters. The number of anilines is 1. The van der Waals surface area contributed by atoms with Gasteiger partial charge in [-0.25, -0.2) is 4.68 Å². The predicted octanol–water partition coefficient (Wildman–Crippen LogP) is 1.13. The van der Waals surface area contributed by atoms with Crippen LogP contribution in [0.1, 0.15) is 5.56 Å². The van der Waals surface area contributed by atoms with Crippen LogP contribution in [0.2, 0.25) is 0 Å². The van der Waals surface area contributed by atoms with Crippen LogP contribution in [0, 0.1) is 0 Å². The van der Waals surface area contributed by atoms with E-state index in [0.29, 0.717) is 12.2 Å². The van der Waals surface area contributed by atoms with Crippen molar-refractivity contribution < 1.29 is 0 Å². The Kier molecular flexibility index (Phi) is 2.82.